The fraction of sp³-hybridized carbons (Fsp3) is 0.300. The predicted octanol–water partition coefficient (Wildman–Crippen LogP) is 2.95. The smallest absolute Gasteiger partial charge is 0.226 e. The molecule has 62 valence electrons. The first kappa shape index (κ1) is 7.35. The molecule has 0 saturated carbocycles. The minimum Gasteiger partial charge on any atom is -0.446 e. The summed E-state index contributed by atoms with van der Waals surface area (Å²) < 4.78 is 5.30. The van der Waals surface area contributed by atoms with E-state index in [1.807, 2.05) is 12.1 Å². The molecule has 2 heteroatoms. The summed E-state index contributed by atoms with van der Waals surface area (Å²) in [5.41, 5.74) is 1.97. The average Bonchev–Trinajstić information content (AvgIpc) is 2.47. The quantitative estimate of drug-likeness (QED) is 0.642. The van der Waals surface area contributed by atoms with Gasteiger partial charge in [0.25, 0.3) is 0 Å². The number of hydrogen-bond acceptors (Lipinski definition) is 2. The highest BCUT2D eigenvalue weighted by Gasteiger charge is 2.08. The fourth-order valence-electron chi connectivity index (χ4n) is 1.33. The number of hydrogen-bond donors (Lipinski definition) is 0. The van der Waals surface area contributed by atoms with E-state index in [0.29, 0.717) is 5.92 Å². The molecule has 2 nitrogen and oxygen atoms in total. The molecular formula is C10H11NO. The zero-order chi connectivity index (χ0) is 8.55. The molecule has 0 spiro atoms. The van der Waals surface area contributed by atoms with E-state index in [-0.39, 0.29) is 0 Å². The van der Waals surface area contributed by atoms with Gasteiger partial charge in [-0.1, -0.05) is 13.8 Å². The summed E-state index contributed by atoms with van der Waals surface area (Å²) in [4.78, 5) is 4.12. The van der Waals surface area contributed by atoms with Gasteiger partial charge in [0.1, 0.15) is 0 Å². The highest BCUT2D eigenvalue weighted by atomic mass is 16.3. The Morgan fingerprint density at radius 3 is 3.00 bits per heavy atom. The first-order valence-electron chi connectivity index (χ1n) is 4.11. The van der Waals surface area contributed by atoms with E-state index in [1.54, 1.807) is 12.5 Å². The zero-order valence-electron chi connectivity index (χ0n) is 7.24. The fourth-order valence-corrected chi connectivity index (χ4v) is 1.33. The van der Waals surface area contributed by atoms with Gasteiger partial charge in [-0.2, -0.15) is 0 Å². The Hall–Kier alpha value is -1.31. The van der Waals surface area contributed by atoms with E-state index < -0.39 is 0 Å². The maximum absolute atomic E-state index is 5.30. The summed E-state index contributed by atoms with van der Waals surface area (Å²) in [6, 6.07) is 3.98. The van der Waals surface area contributed by atoms with Gasteiger partial charge in [0.2, 0.25) is 5.71 Å². The Balaban J connectivity index is 2.70. The number of nitrogens with zero attached hydrogens (tertiary/aromatic N) is 1. The molecule has 0 saturated heterocycles. The molecule has 0 aliphatic heterocycles. The van der Waals surface area contributed by atoms with Gasteiger partial charge in [0, 0.05) is 17.1 Å². The van der Waals surface area contributed by atoms with Crippen LogP contribution >= 0.6 is 0 Å². The lowest BCUT2D eigenvalue weighted by Gasteiger charge is -1.98. The molecule has 0 aliphatic rings. The molecule has 12 heavy (non-hydrogen) atoms. The van der Waals surface area contributed by atoms with E-state index in [9.17, 15) is 0 Å². The molecule has 0 unspecified atom stereocenters. The number of aromatic nitrogens is 1. The van der Waals surface area contributed by atoms with Crippen LogP contribution in [-0.4, -0.2) is 4.98 Å². The van der Waals surface area contributed by atoms with Crippen molar-refractivity contribution in [2.45, 2.75) is 19.8 Å². The largest absolute Gasteiger partial charge is 0.446 e. The third-order valence-electron chi connectivity index (χ3n) is 2.00. The highest BCUT2D eigenvalue weighted by Crippen LogP contribution is 2.25. The molecule has 0 fully saturated rings. The monoisotopic (exact) mass is 161 g/mol. The molecule has 0 atom stereocenters. The topological polar surface area (TPSA) is 26.0 Å². The molecule has 0 radical (unpaired) electrons. The Morgan fingerprint density at radius 2 is 2.25 bits per heavy atom. The summed E-state index contributed by atoms with van der Waals surface area (Å²) in [5, 5.41) is 1.13. The first-order valence-corrected chi connectivity index (χ1v) is 4.11. The predicted molar refractivity (Wildman–Crippen MR) is 48.1 cm³/mol. The Kier molecular flexibility index (Phi) is 1.61. The van der Waals surface area contributed by atoms with Crippen LogP contribution in [0, 0.1) is 0 Å². The molecule has 2 rings (SSSR count). The average molecular weight is 161 g/mol. The van der Waals surface area contributed by atoms with Crippen molar-refractivity contribution in [1.82, 2.24) is 4.98 Å². The summed E-state index contributed by atoms with van der Waals surface area (Å²) >= 11 is 0. The first-order chi connectivity index (χ1) is 5.79. The van der Waals surface area contributed by atoms with Crippen LogP contribution in [0.1, 0.15) is 25.3 Å². The van der Waals surface area contributed by atoms with Crippen LogP contribution in [0.15, 0.2) is 29.0 Å². The maximum Gasteiger partial charge on any atom is 0.226 e. The molecular weight excluding hydrogens is 150 g/mol. The molecule has 0 aliphatic carbocycles. The van der Waals surface area contributed by atoms with Crippen molar-refractivity contribution >= 4 is 11.1 Å². The molecule has 2 aromatic heterocycles. The van der Waals surface area contributed by atoms with Gasteiger partial charge < -0.3 is 4.42 Å². The number of pyridine rings is 1. The molecule has 0 bridgehead atoms. The summed E-state index contributed by atoms with van der Waals surface area (Å²) in [6.45, 7) is 4.30. The minimum atomic E-state index is 0.496. The van der Waals surface area contributed by atoms with Crippen LogP contribution in [-0.2, 0) is 0 Å². The highest BCUT2D eigenvalue weighted by molar-refractivity contribution is 5.77. The van der Waals surface area contributed by atoms with Gasteiger partial charge in [-0.15, -0.1) is 0 Å². The number of furan rings is 1. The third-order valence-corrected chi connectivity index (χ3v) is 2.00. The van der Waals surface area contributed by atoms with Gasteiger partial charge in [-0.25, -0.2) is 4.98 Å². The van der Waals surface area contributed by atoms with Crippen LogP contribution in [0.25, 0.3) is 11.1 Å². The molecule has 0 amide bonds. The van der Waals surface area contributed by atoms with Gasteiger partial charge >= 0.3 is 0 Å². The van der Waals surface area contributed by atoms with Crippen molar-refractivity contribution < 1.29 is 4.42 Å². The van der Waals surface area contributed by atoms with Crippen molar-refractivity contribution in [2.24, 2.45) is 0 Å². The minimum absolute atomic E-state index is 0.496. The van der Waals surface area contributed by atoms with Gasteiger partial charge in [-0.3, -0.25) is 0 Å². The second-order valence-electron chi connectivity index (χ2n) is 3.20. The van der Waals surface area contributed by atoms with Crippen LogP contribution in [0.4, 0.5) is 0 Å². The van der Waals surface area contributed by atoms with Crippen molar-refractivity contribution in [1.29, 1.82) is 0 Å². The second-order valence-corrected chi connectivity index (χ2v) is 3.20. The van der Waals surface area contributed by atoms with Crippen LogP contribution in [0.3, 0.4) is 0 Å². The summed E-state index contributed by atoms with van der Waals surface area (Å²) in [5.74, 6) is 0.496. The van der Waals surface area contributed by atoms with Crippen molar-refractivity contribution in [2.75, 3.05) is 0 Å². The van der Waals surface area contributed by atoms with E-state index in [4.69, 9.17) is 4.42 Å². The Bertz CT molecular complexity index is 389. The number of rotatable bonds is 1. The van der Waals surface area contributed by atoms with Crippen molar-refractivity contribution in [3.8, 4) is 0 Å². The van der Waals surface area contributed by atoms with Crippen LogP contribution in [0.5, 0.6) is 0 Å². The molecule has 0 aromatic carbocycles. The second kappa shape index (κ2) is 2.63. The molecule has 2 heterocycles. The maximum atomic E-state index is 5.30. The lowest BCUT2D eigenvalue weighted by atomic mass is 10.0. The normalized spacial score (nSPS) is 11.2. The van der Waals surface area contributed by atoms with Gasteiger partial charge in [-0.05, 0) is 18.1 Å². The molecule has 0 N–H and O–H groups in total. The SMILES string of the molecule is CC(C)c1coc2ncccc12. The third kappa shape index (κ3) is 0.998. The lowest BCUT2D eigenvalue weighted by Crippen LogP contribution is -1.83. The van der Waals surface area contributed by atoms with Crippen LogP contribution < -0.4 is 0 Å². The Labute approximate surface area is 71.2 Å². The molecule has 2 aromatic rings. The van der Waals surface area contributed by atoms with Gasteiger partial charge in [0.05, 0.1) is 6.26 Å². The standard InChI is InChI=1S/C10H11NO/c1-7(2)9-6-12-10-8(9)4-3-5-11-10/h3-7H,1-2H3. The summed E-state index contributed by atoms with van der Waals surface area (Å²) in [6.07, 6.45) is 3.54. The van der Waals surface area contributed by atoms with E-state index in [0.717, 1.165) is 11.1 Å². The van der Waals surface area contributed by atoms with Crippen molar-refractivity contribution in [3.05, 3.63) is 30.2 Å². The lowest BCUT2D eigenvalue weighted by molar-refractivity contribution is 0.595. The van der Waals surface area contributed by atoms with Crippen molar-refractivity contribution in [3.63, 3.8) is 0 Å². The number of fused-ring (bicyclic) bond motifs is 1. The van der Waals surface area contributed by atoms with E-state index >= 15 is 0 Å². The summed E-state index contributed by atoms with van der Waals surface area (Å²) in [7, 11) is 0. The Morgan fingerprint density at radius 1 is 1.42 bits per heavy atom. The van der Waals surface area contributed by atoms with E-state index in [1.165, 1.54) is 5.56 Å². The van der Waals surface area contributed by atoms with Crippen LogP contribution in [0.2, 0.25) is 0 Å². The zero-order valence-corrected chi connectivity index (χ0v) is 7.24. The van der Waals surface area contributed by atoms with E-state index in [2.05, 4.69) is 18.8 Å². The van der Waals surface area contributed by atoms with Gasteiger partial charge in [0.15, 0.2) is 0 Å².